The minimum absolute atomic E-state index is 0.152. The smallest absolute Gasteiger partial charge is 0.310 e. The van der Waals surface area contributed by atoms with Crippen LogP contribution in [-0.4, -0.2) is 169 Å². The molecule has 6 aliphatic heterocycles. The zero-order valence-electron chi connectivity index (χ0n) is 73.4. The Morgan fingerprint density at radius 1 is 0.410 bits per heavy atom. The van der Waals surface area contributed by atoms with Gasteiger partial charge in [-0.15, -0.1) is 0 Å². The largest absolute Gasteiger partial charge is 0.485 e. The number of carbonyl (C=O) groups excluding carboxylic acids is 11. The van der Waals surface area contributed by atoms with Gasteiger partial charge < -0.3 is 46.1 Å². The molecule has 12 rings (SSSR count). The third kappa shape index (κ3) is 24.4. The maximum absolute atomic E-state index is 13.3. The summed E-state index contributed by atoms with van der Waals surface area (Å²) in [6, 6.07) is 19.1. The number of nitrogens with one attached hydrogen (secondary N) is 9. The fraction of sp³-hybridized carbons (Fsp3) is 0.527. The molecule has 3 saturated heterocycles. The van der Waals surface area contributed by atoms with Crippen molar-refractivity contribution in [3.63, 3.8) is 0 Å². The summed E-state index contributed by atoms with van der Waals surface area (Å²) in [5, 5.41) is 27.7. The van der Waals surface area contributed by atoms with E-state index in [9.17, 15) is 52.7 Å². The molecule has 6 aromatic rings. The average Bonchev–Trinajstić information content (AvgIpc) is 0.849. The number of rotatable bonds is 5. The lowest BCUT2D eigenvalue weighted by Gasteiger charge is -2.35. The van der Waals surface area contributed by atoms with E-state index in [2.05, 4.69) is 87.9 Å². The Bertz CT molecular complexity index is 4880. The van der Waals surface area contributed by atoms with E-state index in [-0.39, 0.29) is 101 Å². The van der Waals surface area contributed by atoms with Crippen LogP contribution in [0, 0.1) is 41.4 Å². The Labute approximate surface area is 715 Å². The van der Waals surface area contributed by atoms with Crippen molar-refractivity contribution in [3.8, 4) is 0 Å². The van der Waals surface area contributed by atoms with Gasteiger partial charge in [-0.2, -0.15) is 0 Å². The summed E-state index contributed by atoms with van der Waals surface area (Å²) in [5.74, 6) is -5.41. The highest BCUT2D eigenvalue weighted by Gasteiger charge is 2.40. The van der Waals surface area contributed by atoms with E-state index in [1.165, 1.54) is 15.0 Å². The van der Waals surface area contributed by atoms with Crippen LogP contribution >= 0.6 is 0 Å². The molecule has 3 aromatic heterocycles. The zero-order chi connectivity index (χ0) is 88.5. The van der Waals surface area contributed by atoms with Gasteiger partial charge in [0.2, 0.25) is 17.7 Å². The van der Waals surface area contributed by atoms with Crippen LogP contribution in [0.5, 0.6) is 0 Å². The Morgan fingerprint density at radius 2 is 0.770 bits per heavy atom. The number of fused-ring (bicyclic) bond motifs is 12. The number of cyclic esters (lactones) is 2. The maximum Gasteiger partial charge on any atom is 0.310 e. The predicted octanol–water partition coefficient (Wildman–Crippen LogP) is 10.6. The lowest BCUT2D eigenvalue weighted by Crippen LogP contribution is -2.61. The number of hydrazine groups is 3. The van der Waals surface area contributed by atoms with Crippen molar-refractivity contribution in [2.24, 2.45) is 41.4 Å². The SMILES string of the molecule is C=C1O[C@@H](C(C)C)C(=O)N[C@@H](C)C(=O)N2CCC[C@H](N2)C(=O)N[C@H](C)c2ccc3cnc(cc3c2)/C=C/C1C.CC1/C=C/c2cc3cc(ccc3cn2)[C@@H](C)NC(=O)[C@@H]2CCCN(N2)C(=O)[C@H](C)NC(=O)[C@H](C(C)C)OC(=O)C1C.CCC[C@@H]1CCCc2cc3cc(ccc3cn2)[C@@H](C)NC(=O)[C@@H]2CCCN(N2)C(=O)[C@H](C)NC(=O)[C@H](C(C)C)OC1=O. The molecule has 9 heterocycles. The first-order valence-corrected chi connectivity index (χ1v) is 43.4. The molecule has 122 heavy (non-hydrogen) atoms. The van der Waals surface area contributed by atoms with E-state index in [4.69, 9.17) is 14.2 Å². The van der Waals surface area contributed by atoms with Crippen LogP contribution in [0.15, 0.2) is 116 Å². The van der Waals surface area contributed by atoms with E-state index in [0.29, 0.717) is 83.2 Å². The first-order valence-electron chi connectivity index (χ1n) is 43.4. The highest BCUT2D eigenvalue weighted by molar-refractivity contribution is 5.94. The fourth-order valence-corrected chi connectivity index (χ4v) is 15.5. The van der Waals surface area contributed by atoms with Crippen molar-refractivity contribution in [1.29, 1.82) is 0 Å². The number of nitrogens with zero attached hydrogens (tertiary/aromatic N) is 6. The van der Waals surface area contributed by atoms with Crippen molar-refractivity contribution < 1.29 is 67.0 Å². The summed E-state index contributed by atoms with van der Waals surface area (Å²) in [6.07, 6.45) is 17.5. The number of ether oxygens (including phenoxy) is 3. The second-order valence-electron chi connectivity index (χ2n) is 34.5. The topological polar surface area (TPSA) is 372 Å². The lowest BCUT2D eigenvalue weighted by molar-refractivity contribution is -0.163. The fourth-order valence-electron chi connectivity index (χ4n) is 15.5. The van der Waals surface area contributed by atoms with Crippen molar-refractivity contribution in [1.82, 2.24) is 78.2 Å². The molecule has 3 aromatic carbocycles. The molecule has 9 amide bonds. The molecule has 0 radical (unpaired) electrons. The molecule has 6 aliphatic rings. The van der Waals surface area contributed by atoms with E-state index < -0.39 is 78.3 Å². The van der Waals surface area contributed by atoms with Gasteiger partial charge in [-0.05, 0) is 211 Å². The Balaban J connectivity index is 0.000000192. The zero-order valence-corrected chi connectivity index (χ0v) is 73.4. The molecular weight excluding hydrogens is 1550 g/mol. The molecule has 0 saturated carbocycles. The number of carbonyl (C=O) groups is 11. The number of aryl methyl sites for hydroxylation is 1. The normalized spacial score (nSPS) is 28.2. The first-order chi connectivity index (χ1) is 58.0. The van der Waals surface area contributed by atoms with E-state index in [1.807, 2.05) is 161 Å². The predicted molar refractivity (Wildman–Crippen MR) is 467 cm³/mol. The standard InChI is InChI=1S/C32H45N5O5.C31H41N5O5.C30H39N5O4/c1-6-9-22-10-7-11-26-17-25-16-23(13-14-24(25)18-33-26)20(4)34-29(38)27-12-8-15-37(36-27)31(40)21(5)35-30(39)28(19(2)3)42-32(22)41;1-17(2)27-29(38)34-21(6)30(39)36-13-7-8-26(35-36)28(37)33-20(5)22-10-11-23-16-32-25(15-24(23)14-22)12-9-18(3)19(4)31(40)41-27;1-17(2)27-29(37)33-20(5)30(38)35-13-7-8-26(34-35)28(36)32-19(4)22-10-11-23-16-31-25(15-24(23)14-22)12-9-18(3)21(6)39-27/h13-14,16-22,27-28,36H,6-12,15H2,1-5H3,(H,34,38)(H,35,39);9-12,14-21,26-27,35H,7-8,13H2,1-6H3,(H,33,37)(H,34,38);9-12,14-20,26-27,34H,6-8,13H2,1-5H3,(H,32,36)(H,33,37)/b;2*12-9+/t20-,21+,22-,27+,28+;18?,19?,20-,21+,26+,27+;18?,19-,20+,26+,27+/m111/s1. The van der Waals surface area contributed by atoms with Gasteiger partial charge in [0.05, 0.1) is 47.1 Å². The van der Waals surface area contributed by atoms with Gasteiger partial charge in [-0.3, -0.25) is 82.7 Å². The summed E-state index contributed by atoms with van der Waals surface area (Å²) in [7, 11) is 0. The first kappa shape index (κ1) is 93.2. The second-order valence-corrected chi connectivity index (χ2v) is 34.5. The summed E-state index contributed by atoms with van der Waals surface area (Å²) >= 11 is 0. The number of pyridine rings is 3. The highest BCUT2D eigenvalue weighted by Crippen LogP contribution is 2.30. The number of hydrogen-bond donors (Lipinski definition) is 9. The molecule has 656 valence electrons. The van der Waals surface area contributed by atoms with Crippen LogP contribution in [0.4, 0.5) is 0 Å². The van der Waals surface area contributed by atoms with Crippen LogP contribution in [0.3, 0.4) is 0 Å². The lowest BCUT2D eigenvalue weighted by atomic mass is 9.95. The van der Waals surface area contributed by atoms with Crippen molar-refractivity contribution in [2.75, 3.05) is 19.6 Å². The molecule has 0 aliphatic carbocycles. The van der Waals surface area contributed by atoms with Crippen molar-refractivity contribution in [3.05, 3.63) is 150 Å². The van der Waals surface area contributed by atoms with Crippen LogP contribution in [-0.2, 0) is 73.4 Å². The number of benzene rings is 3. The monoisotopic (exact) mass is 1680 g/mol. The van der Waals surface area contributed by atoms with Crippen molar-refractivity contribution in [2.45, 2.75) is 254 Å². The molecule has 16 atom stereocenters. The van der Waals surface area contributed by atoms with Gasteiger partial charge in [0, 0.05) is 66.0 Å². The Hall–Kier alpha value is -11.0. The van der Waals surface area contributed by atoms with Gasteiger partial charge in [-0.1, -0.05) is 131 Å². The summed E-state index contributed by atoms with van der Waals surface area (Å²) in [6.45, 7) is 34.6. The van der Waals surface area contributed by atoms with Crippen LogP contribution in [0.2, 0.25) is 0 Å². The van der Waals surface area contributed by atoms with Crippen LogP contribution < -0.4 is 48.2 Å². The van der Waals surface area contributed by atoms with Crippen LogP contribution in [0.1, 0.15) is 227 Å². The molecule has 29 heteroatoms. The summed E-state index contributed by atoms with van der Waals surface area (Å²) in [4.78, 5) is 159. The maximum atomic E-state index is 13.3. The van der Waals surface area contributed by atoms with E-state index >= 15 is 0 Å². The van der Waals surface area contributed by atoms with Gasteiger partial charge >= 0.3 is 11.9 Å². The summed E-state index contributed by atoms with van der Waals surface area (Å²) in [5.41, 5.74) is 14.5. The molecule has 15 bridgehead atoms. The molecule has 9 N–H and O–H groups in total. The molecule has 3 unspecified atom stereocenters. The molecule has 29 nitrogen and oxygen atoms in total. The number of aromatic nitrogens is 3. The number of esters is 2. The molecular formula is C93H125N15O14. The quantitative estimate of drug-likeness (QED) is 0.0724. The number of allylic oxidation sites excluding steroid dienone is 2. The number of amides is 9. The van der Waals surface area contributed by atoms with Gasteiger partial charge in [0.25, 0.3) is 35.4 Å². The molecule has 3 fully saturated rings. The van der Waals surface area contributed by atoms with Crippen molar-refractivity contribution >= 4 is 110 Å². The Kier molecular flexibility index (Phi) is 32.6. The van der Waals surface area contributed by atoms with E-state index in [0.717, 1.165) is 78.9 Å². The average molecular weight is 1680 g/mol. The third-order valence-corrected chi connectivity index (χ3v) is 23.5. The van der Waals surface area contributed by atoms with Gasteiger partial charge in [0.15, 0.2) is 18.3 Å². The molecule has 0 spiro atoms. The number of hydrogen-bond acceptors (Lipinski definition) is 20. The van der Waals surface area contributed by atoms with E-state index in [1.54, 1.807) is 47.7 Å². The minimum atomic E-state index is -1.06. The van der Waals surface area contributed by atoms with Gasteiger partial charge in [-0.25, -0.2) is 16.3 Å². The van der Waals surface area contributed by atoms with Crippen LogP contribution in [0.25, 0.3) is 44.5 Å². The highest BCUT2D eigenvalue weighted by atomic mass is 16.6. The Morgan fingerprint density at radius 3 is 1.16 bits per heavy atom. The third-order valence-electron chi connectivity index (χ3n) is 23.5. The second kappa shape index (κ2) is 42.6. The minimum Gasteiger partial charge on any atom is -0.485 e. The summed E-state index contributed by atoms with van der Waals surface area (Å²) < 4.78 is 17.5. The van der Waals surface area contributed by atoms with Gasteiger partial charge in [0.1, 0.15) is 36.3 Å².